The molecule has 0 radical (unpaired) electrons. The number of nitrogens with one attached hydrogen (secondary N) is 4. The van der Waals surface area contributed by atoms with Crippen LogP contribution in [0.3, 0.4) is 0 Å². The normalized spacial score (nSPS) is 22.8. The number of aliphatic imine (C=N–C) groups is 2. The summed E-state index contributed by atoms with van der Waals surface area (Å²) in [4.78, 5) is 56.9. The Hall–Kier alpha value is -5.99. The van der Waals surface area contributed by atoms with Gasteiger partial charge in [0.25, 0.3) is 11.8 Å². The molecular weight excluding hydrogens is 707 g/mol. The minimum atomic E-state index is -0.801. The summed E-state index contributed by atoms with van der Waals surface area (Å²) in [5.74, 6) is 0.852. The minimum absolute atomic E-state index is 0.191. The molecule has 3 fully saturated rings. The molecule has 0 saturated carbocycles. The maximum absolute atomic E-state index is 13.3. The van der Waals surface area contributed by atoms with E-state index in [-0.39, 0.29) is 12.1 Å². The van der Waals surface area contributed by atoms with E-state index in [1.165, 1.54) is 16.8 Å². The van der Waals surface area contributed by atoms with Gasteiger partial charge in [0, 0.05) is 93.4 Å². The number of carbonyl (C=O) groups is 3. The smallest absolute Gasteiger partial charge is 0.262 e. The summed E-state index contributed by atoms with van der Waals surface area (Å²) in [6.07, 6.45) is 2.63. The molecule has 2 unspecified atom stereocenters. The van der Waals surface area contributed by atoms with Crippen LogP contribution in [0.1, 0.15) is 44.7 Å². The van der Waals surface area contributed by atoms with Crippen molar-refractivity contribution < 1.29 is 14.4 Å². The number of rotatable bonds is 8. The van der Waals surface area contributed by atoms with Crippen LogP contribution >= 0.6 is 0 Å². The summed E-state index contributed by atoms with van der Waals surface area (Å²) in [5.41, 5.74) is 12.3. The summed E-state index contributed by atoms with van der Waals surface area (Å²) in [7, 11) is 1.98. The third-order valence-corrected chi connectivity index (χ3v) is 11.8. The molecule has 3 aromatic rings. The summed E-state index contributed by atoms with van der Waals surface area (Å²) in [5, 5.41) is 11.6. The van der Waals surface area contributed by atoms with Crippen LogP contribution in [-0.4, -0.2) is 110 Å². The molecule has 3 amide bonds. The molecule has 6 aliphatic rings. The van der Waals surface area contributed by atoms with Crippen molar-refractivity contribution >= 4 is 52.6 Å². The lowest BCUT2D eigenvalue weighted by Gasteiger charge is -2.45. The Bertz CT molecular complexity index is 2200. The van der Waals surface area contributed by atoms with Crippen molar-refractivity contribution in [3.05, 3.63) is 107 Å². The lowest BCUT2D eigenvalue weighted by molar-refractivity contribution is -0.125. The number of nitrogens with zero attached hydrogens (tertiary/aromatic N) is 7. The van der Waals surface area contributed by atoms with Crippen LogP contribution in [0, 0.1) is 19.8 Å². The van der Waals surface area contributed by atoms with Crippen LogP contribution in [0.5, 0.6) is 0 Å². The fourth-order valence-electron chi connectivity index (χ4n) is 8.58. The lowest BCUT2D eigenvalue weighted by Crippen LogP contribution is -2.55. The zero-order valence-corrected chi connectivity index (χ0v) is 32.0. The Morgan fingerprint density at radius 2 is 1.57 bits per heavy atom. The van der Waals surface area contributed by atoms with Gasteiger partial charge in [0.15, 0.2) is 6.17 Å². The number of anilines is 4. The Labute approximate surface area is 326 Å². The van der Waals surface area contributed by atoms with Crippen LogP contribution in [0.25, 0.3) is 0 Å². The predicted molar refractivity (Wildman–Crippen MR) is 219 cm³/mol. The Morgan fingerprint density at radius 3 is 2.30 bits per heavy atom. The van der Waals surface area contributed by atoms with Gasteiger partial charge in [-0.05, 0) is 80.3 Å². The first-order valence-corrected chi connectivity index (χ1v) is 19.4. The number of aryl methyl sites for hydroxylation is 2. The molecule has 56 heavy (non-hydrogen) atoms. The number of fused-ring (bicyclic) bond motifs is 2. The summed E-state index contributed by atoms with van der Waals surface area (Å²) in [6, 6.07) is 19.4. The number of benzene rings is 3. The highest BCUT2D eigenvalue weighted by atomic mass is 16.2. The molecule has 4 N–H and O–H groups in total. The molecule has 3 saturated heterocycles. The van der Waals surface area contributed by atoms with E-state index in [4.69, 9.17) is 4.99 Å². The molecule has 6 heterocycles. The van der Waals surface area contributed by atoms with Crippen LogP contribution in [0.2, 0.25) is 0 Å². The number of likely N-dealkylation sites (N-methyl/N-ethyl adjacent to an activating group) is 1. The molecule has 9 rings (SSSR count). The van der Waals surface area contributed by atoms with E-state index in [9.17, 15) is 14.4 Å². The Morgan fingerprint density at radius 1 is 0.857 bits per heavy atom. The minimum Gasteiger partial charge on any atom is -0.371 e. The summed E-state index contributed by atoms with van der Waals surface area (Å²) >= 11 is 0. The molecule has 0 spiro atoms. The summed E-state index contributed by atoms with van der Waals surface area (Å²) in [6.45, 7) is 14.7. The first-order chi connectivity index (χ1) is 27.1. The highest BCUT2D eigenvalue weighted by molar-refractivity contribution is 6.23. The zero-order chi connectivity index (χ0) is 38.7. The SMILES string of the molecule is C=C1CCC(N2C(=O)c3ccc(N4CC(CN5CCN(c6ccc(NC7=NC8C(=C(Nc9c(C)cccc9C)NN8C)C=N7)cc6)CC5)C4)cc3C2=O)C(=O)N1. The van der Waals surface area contributed by atoms with Gasteiger partial charge in [-0.25, -0.2) is 9.98 Å². The number of para-hydroxylation sites is 1. The van der Waals surface area contributed by atoms with Gasteiger partial charge in [-0.1, -0.05) is 24.8 Å². The predicted octanol–water partition coefficient (Wildman–Crippen LogP) is 3.90. The molecule has 0 bridgehead atoms. The molecular formula is C42H47N11O3. The van der Waals surface area contributed by atoms with E-state index < -0.39 is 17.9 Å². The quantitative estimate of drug-likeness (QED) is 0.251. The number of piperidine rings is 1. The van der Waals surface area contributed by atoms with Crippen LogP contribution in [0.15, 0.2) is 94.3 Å². The van der Waals surface area contributed by atoms with Gasteiger partial charge in [0.2, 0.25) is 11.9 Å². The summed E-state index contributed by atoms with van der Waals surface area (Å²) < 4.78 is 0. The van der Waals surface area contributed by atoms with Gasteiger partial charge < -0.3 is 31.2 Å². The second kappa shape index (κ2) is 14.3. The Kier molecular flexibility index (Phi) is 9.09. The standard InChI is InChI=1S/C42H47N11O3/c1-25-6-5-7-26(2)36(25)46-37-34-21-43-42(47-38(34)49(4)48-37)45-29-9-11-30(12-10-29)51-18-16-50(17-19-51)22-28-23-52(24-28)31-13-14-32-33(20-31)41(56)53(40(32)55)35-15-8-27(3)44-39(35)54/h5-7,9-14,20-21,28,35,38,46,48H,3,8,15-19,22-24H2,1-2,4H3,(H,44,54)(H,45,47). The third-order valence-electron chi connectivity index (χ3n) is 11.8. The molecule has 0 aliphatic carbocycles. The fraction of sp³-hybridized carbons (Fsp3) is 0.357. The van der Waals surface area contributed by atoms with Crippen molar-refractivity contribution in [1.29, 1.82) is 0 Å². The van der Waals surface area contributed by atoms with Crippen LogP contribution < -0.4 is 31.2 Å². The monoisotopic (exact) mass is 753 g/mol. The molecule has 6 aliphatic heterocycles. The number of hydrogen-bond acceptors (Lipinski definition) is 12. The fourth-order valence-corrected chi connectivity index (χ4v) is 8.58. The second-order valence-electron chi connectivity index (χ2n) is 15.6. The molecule has 0 aromatic heterocycles. The zero-order valence-electron chi connectivity index (χ0n) is 32.0. The topological polar surface area (TPSA) is 140 Å². The second-order valence-corrected chi connectivity index (χ2v) is 15.6. The van der Waals surface area contributed by atoms with Gasteiger partial charge >= 0.3 is 0 Å². The van der Waals surface area contributed by atoms with Crippen molar-refractivity contribution in [1.82, 2.24) is 25.6 Å². The molecule has 14 heteroatoms. The largest absolute Gasteiger partial charge is 0.371 e. The maximum atomic E-state index is 13.3. The number of hydrazine groups is 1. The molecule has 14 nitrogen and oxygen atoms in total. The van der Waals surface area contributed by atoms with Gasteiger partial charge in [-0.3, -0.25) is 24.2 Å². The number of allylic oxidation sites excluding steroid dienone is 1. The van der Waals surface area contributed by atoms with E-state index in [0.717, 1.165) is 79.2 Å². The molecule has 288 valence electrons. The van der Waals surface area contributed by atoms with E-state index in [1.807, 2.05) is 30.4 Å². The number of amides is 3. The first-order valence-electron chi connectivity index (χ1n) is 19.4. The molecule has 2 atom stereocenters. The van der Waals surface area contributed by atoms with Crippen molar-refractivity contribution in [3.63, 3.8) is 0 Å². The average molecular weight is 754 g/mol. The number of guanidine groups is 1. The maximum Gasteiger partial charge on any atom is 0.262 e. The van der Waals surface area contributed by atoms with E-state index >= 15 is 0 Å². The van der Waals surface area contributed by atoms with Gasteiger partial charge in [0.1, 0.15) is 11.9 Å². The lowest BCUT2D eigenvalue weighted by atomic mass is 9.97. The highest BCUT2D eigenvalue weighted by Gasteiger charge is 2.44. The number of hydrogen-bond donors (Lipinski definition) is 4. The van der Waals surface area contributed by atoms with Crippen molar-refractivity contribution in [2.45, 2.75) is 38.9 Å². The van der Waals surface area contributed by atoms with Crippen molar-refractivity contribution in [3.8, 4) is 0 Å². The van der Waals surface area contributed by atoms with Gasteiger partial charge in [-0.15, -0.1) is 0 Å². The number of imide groups is 1. The van der Waals surface area contributed by atoms with Crippen LogP contribution in [-0.2, 0) is 4.79 Å². The van der Waals surface area contributed by atoms with E-state index in [2.05, 4.69) is 104 Å². The Balaban J connectivity index is 0.742. The van der Waals surface area contributed by atoms with Crippen molar-refractivity contribution in [2.24, 2.45) is 15.9 Å². The first kappa shape index (κ1) is 35.7. The van der Waals surface area contributed by atoms with Crippen molar-refractivity contribution in [2.75, 3.05) is 73.3 Å². The number of carbonyl (C=O) groups excluding carboxylic acids is 3. The number of piperazine rings is 1. The van der Waals surface area contributed by atoms with Crippen LogP contribution in [0.4, 0.5) is 22.7 Å². The third kappa shape index (κ3) is 6.58. The van der Waals surface area contributed by atoms with Gasteiger partial charge in [0.05, 0.1) is 16.7 Å². The van der Waals surface area contributed by atoms with Gasteiger partial charge in [-0.2, -0.15) is 5.01 Å². The van der Waals surface area contributed by atoms with E-state index in [0.29, 0.717) is 41.5 Å². The molecule has 3 aromatic carbocycles. The van der Waals surface area contributed by atoms with E-state index in [1.54, 1.807) is 6.07 Å². The highest BCUT2D eigenvalue weighted by Crippen LogP contribution is 2.34. The average Bonchev–Trinajstić information content (AvgIpc) is 3.62.